The number of nitrogens with zero attached hydrogens (tertiary/aromatic N) is 4. The van der Waals surface area contributed by atoms with Gasteiger partial charge in [-0.3, -0.25) is 14.9 Å². The lowest BCUT2D eigenvalue weighted by Crippen LogP contribution is -2.39. The molecule has 0 saturated heterocycles. The monoisotopic (exact) mass is 412 g/mol. The van der Waals surface area contributed by atoms with Crippen LogP contribution in [0, 0.1) is 16.0 Å². The van der Waals surface area contributed by atoms with Crippen LogP contribution in [0.25, 0.3) is 0 Å². The van der Waals surface area contributed by atoms with Crippen molar-refractivity contribution in [2.24, 2.45) is 18.7 Å². The Labute approximate surface area is 166 Å². The molecular formula is C16H21ClN6O3S. The molecular weight excluding hydrogens is 392 g/mol. The number of nitrogens with one attached hydrogen (secondary N) is 1. The summed E-state index contributed by atoms with van der Waals surface area (Å²) in [5.41, 5.74) is 5.88. The average Bonchev–Trinajstić information content (AvgIpc) is 3.23. The van der Waals surface area contributed by atoms with Gasteiger partial charge in [-0.1, -0.05) is 6.42 Å². The SMILES string of the molecule is Cl.Cn1cnnc1Sc1ccc(C(=O)NC2CCCC2CN)cc1[N+](=O)[O-]. The molecule has 1 aliphatic rings. The second-order valence-electron chi connectivity index (χ2n) is 6.27. The van der Waals surface area contributed by atoms with E-state index in [2.05, 4.69) is 15.5 Å². The summed E-state index contributed by atoms with van der Waals surface area (Å²) >= 11 is 1.13. The molecule has 2 unspecified atom stereocenters. The maximum atomic E-state index is 12.5. The van der Waals surface area contributed by atoms with E-state index in [-0.39, 0.29) is 41.5 Å². The maximum Gasteiger partial charge on any atom is 0.284 e. The minimum Gasteiger partial charge on any atom is -0.349 e. The summed E-state index contributed by atoms with van der Waals surface area (Å²) in [5, 5.41) is 22.6. The van der Waals surface area contributed by atoms with E-state index >= 15 is 0 Å². The molecule has 27 heavy (non-hydrogen) atoms. The number of halogens is 1. The van der Waals surface area contributed by atoms with Crippen LogP contribution in [0.2, 0.25) is 0 Å². The predicted molar refractivity (Wildman–Crippen MR) is 103 cm³/mol. The number of nitro benzene ring substituents is 1. The molecule has 3 rings (SSSR count). The summed E-state index contributed by atoms with van der Waals surface area (Å²) < 4.78 is 1.67. The molecule has 1 fully saturated rings. The van der Waals surface area contributed by atoms with E-state index in [1.807, 2.05) is 0 Å². The number of aryl methyl sites for hydroxylation is 1. The fourth-order valence-electron chi connectivity index (χ4n) is 3.11. The van der Waals surface area contributed by atoms with Crippen molar-refractivity contribution in [1.82, 2.24) is 20.1 Å². The molecule has 2 atom stereocenters. The van der Waals surface area contributed by atoms with E-state index in [0.717, 1.165) is 31.0 Å². The van der Waals surface area contributed by atoms with Crippen LogP contribution in [0.15, 0.2) is 34.6 Å². The molecule has 9 nitrogen and oxygen atoms in total. The third-order valence-electron chi connectivity index (χ3n) is 4.57. The quantitative estimate of drug-likeness (QED) is 0.549. The molecule has 1 aromatic heterocycles. The molecule has 3 N–H and O–H groups in total. The van der Waals surface area contributed by atoms with Gasteiger partial charge in [-0.05, 0) is 49.2 Å². The van der Waals surface area contributed by atoms with Crippen molar-refractivity contribution in [3.05, 3.63) is 40.2 Å². The number of hydrogen-bond donors (Lipinski definition) is 2. The minimum absolute atomic E-state index is 0. The van der Waals surface area contributed by atoms with E-state index in [4.69, 9.17) is 5.73 Å². The zero-order valence-corrected chi connectivity index (χ0v) is 16.3. The van der Waals surface area contributed by atoms with Crippen molar-refractivity contribution < 1.29 is 9.72 Å². The van der Waals surface area contributed by atoms with Gasteiger partial charge in [0, 0.05) is 24.7 Å². The van der Waals surface area contributed by atoms with Gasteiger partial charge in [0.2, 0.25) is 0 Å². The third-order valence-corrected chi connectivity index (χ3v) is 5.68. The first-order valence-corrected chi connectivity index (χ1v) is 9.12. The van der Waals surface area contributed by atoms with Crippen molar-refractivity contribution >= 4 is 35.8 Å². The van der Waals surface area contributed by atoms with Crippen LogP contribution in [0.5, 0.6) is 0 Å². The molecule has 11 heteroatoms. The number of carbonyl (C=O) groups is 1. The molecule has 1 aromatic carbocycles. The van der Waals surface area contributed by atoms with Gasteiger partial charge in [-0.15, -0.1) is 22.6 Å². The van der Waals surface area contributed by atoms with Crippen LogP contribution in [0.1, 0.15) is 29.6 Å². The van der Waals surface area contributed by atoms with Gasteiger partial charge in [0.15, 0.2) is 5.16 Å². The van der Waals surface area contributed by atoms with Gasteiger partial charge in [0.1, 0.15) is 6.33 Å². The van der Waals surface area contributed by atoms with Crippen LogP contribution in [-0.4, -0.2) is 38.2 Å². The lowest BCUT2D eigenvalue weighted by atomic mass is 10.0. The Hall–Kier alpha value is -2.17. The standard InChI is InChI=1S/C16H20N6O3S.ClH/c1-21-9-18-20-16(21)26-14-6-5-10(7-13(14)22(24)25)15(23)19-12-4-2-3-11(12)8-17;/h5-7,9,11-12H,2-4,8,17H2,1H3,(H,19,23);1H. The number of aromatic nitrogens is 3. The van der Waals surface area contributed by atoms with Crippen LogP contribution in [0.3, 0.4) is 0 Å². The van der Waals surface area contributed by atoms with Crippen molar-refractivity contribution in [2.75, 3.05) is 6.54 Å². The van der Waals surface area contributed by atoms with Crippen LogP contribution >= 0.6 is 24.2 Å². The molecule has 1 amide bonds. The fourth-order valence-corrected chi connectivity index (χ4v) is 3.96. The van der Waals surface area contributed by atoms with Crippen molar-refractivity contribution in [2.45, 2.75) is 35.4 Å². The number of hydrogen-bond acceptors (Lipinski definition) is 7. The Bertz CT molecular complexity index is 830. The Kier molecular flexibility index (Phi) is 7.17. The number of nitro groups is 1. The van der Waals surface area contributed by atoms with E-state index in [9.17, 15) is 14.9 Å². The van der Waals surface area contributed by atoms with E-state index in [1.54, 1.807) is 23.7 Å². The van der Waals surface area contributed by atoms with Gasteiger partial charge >= 0.3 is 0 Å². The predicted octanol–water partition coefficient (Wildman–Crippen LogP) is 2.15. The fraction of sp³-hybridized carbons (Fsp3) is 0.438. The Morgan fingerprint density at radius 2 is 2.26 bits per heavy atom. The van der Waals surface area contributed by atoms with Crippen LogP contribution in [0.4, 0.5) is 5.69 Å². The highest BCUT2D eigenvalue weighted by molar-refractivity contribution is 7.99. The highest BCUT2D eigenvalue weighted by atomic mass is 35.5. The smallest absolute Gasteiger partial charge is 0.284 e. The maximum absolute atomic E-state index is 12.5. The molecule has 1 saturated carbocycles. The number of carbonyl (C=O) groups excluding carboxylic acids is 1. The Balaban J connectivity index is 0.00000261. The summed E-state index contributed by atoms with van der Waals surface area (Å²) in [5.74, 6) is -0.0478. The zero-order valence-electron chi connectivity index (χ0n) is 14.7. The number of amides is 1. The molecule has 0 bridgehead atoms. The highest BCUT2D eigenvalue weighted by Gasteiger charge is 2.28. The number of rotatable bonds is 6. The molecule has 0 spiro atoms. The van der Waals surface area contributed by atoms with Crippen LogP contribution in [-0.2, 0) is 7.05 Å². The van der Waals surface area contributed by atoms with Gasteiger partial charge in [-0.25, -0.2) is 0 Å². The zero-order chi connectivity index (χ0) is 18.7. The van der Waals surface area contributed by atoms with Gasteiger partial charge < -0.3 is 15.6 Å². The minimum atomic E-state index is -0.492. The molecule has 0 radical (unpaired) electrons. The molecule has 1 aliphatic carbocycles. The topological polar surface area (TPSA) is 129 Å². The first-order chi connectivity index (χ1) is 12.5. The van der Waals surface area contributed by atoms with Gasteiger partial charge in [0.25, 0.3) is 11.6 Å². The number of benzene rings is 1. The largest absolute Gasteiger partial charge is 0.349 e. The average molecular weight is 413 g/mol. The summed E-state index contributed by atoms with van der Waals surface area (Å²) in [6.07, 6.45) is 4.43. The van der Waals surface area contributed by atoms with Crippen molar-refractivity contribution in [3.63, 3.8) is 0 Å². The second-order valence-corrected chi connectivity index (χ2v) is 7.28. The second kappa shape index (κ2) is 9.16. The van der Waals surface area contributed by atoms with Crippen molar-refractivity contribution in [3.8, 4) is 0 Å². The van der Waals surface area contributed by atoms with Gasteiger partial charge in [0.05, 0.1) is 9.82 Å². The summed E-state index contributed by atoms with van der Waals surface area (Å²) in [6.45, 7) is 0.526. The summed E-state index contributed by atoms with van der Waals surface area (Å²) in [6, 6.07) is 4.49. The van der Waals surface area contributed by atoms with E-state index < -0.39 is 4.92 Å². The lowest BCUT2D eigenvalue weighted by molar-refractivity contribution is -0.387. The Morgan fingerprint density at radius 1 is 1.48 bits per heavy atom. The Morgan fingerprint density at radius 3 is 2.89 bits per heavy atom. The normalized spacial score (nSPS) is 18.7. The van der Waals surface area contributed by atoms with E-state index in [1.165, 1.54) is 12.4 Å². The van der Waals surface area contributed by atoms with E-state index in [0.29, 0.717) is 16.6 Å². The third kappa shape index (κ3) is 4.76. The molecule has 146 valence electrons. The molecule has 0 aliphatic heterocycles. The highest BCUT2D eigenvalue weighted by Crippen LogP contribution is 2.34. The number of nitrogens with two attached hydrogens (primary N) is 1. The molecule has 1 heterocycles. The van der Waals surface area contributed by atoms with Crippen molar-refractivity contribution in [1.29, 1.82) is 0 Å². The summed E-state index contributed by atoms with van der Waals surface area (Å²) in [4.78, 5) is 23.9. The molecule has 2 aromatic rings. The summed E-state index contributed by atoms with van der Waals surface area (Å²) in [7, 11) is 1.76. The first kappa shape index (κ1) is 21.1. The van der Waals surface area contributed by atoms with Crippen LogP contribution < -0.4 is 11.1 Å². The van der Waals surface area contributed by atoms with Gasteiger partial charge in [-0.2, -0.15) is 0 Å². The first-order valence-electron chi connectivity index (χ1n) is 8.30. The lowest BCUT2D eigenvalue weighted by Gasteiger charge is -2.19.